The first-order valence-electron chi connectivity index (χ1n) is 7.16. The van der Waals surface area contributed by atoms with Gasteiger partial charge in [-0.2, -0.15) is 0 Å². The van der Waals surface area contributed by atoms with E-state index >= 15 is 0 Å². The molecule has 0 atom stereocenters. The number of aliphatic imine (C=N–C) groups is 1. The Morgan fingerprint density at radius 2 is 2.21 bits per heavy atom. The maximum absolute atomic E-state index is 5.56. The lowest BCUT2D eigenvalue weighted by Gasteiger charge is -2.24. The minimum Gasteiger partial charge on any atom is -0.353 e. The van der Waals surface area contributed by atoms with Crippen molar-refractivity contribution >= 4 is 17.3 Å². The van der Waals surface area contributed by atoms with Gasteiger partial charge in [0, 0.05) is 10.9 Å². The number of guanidine groups is 1. The molecule has 106 valence electrons. The number of nitrogens with two attached hydrogens (primary N) is 1. The topological polar surface area (TPSA) is 62.4 Å². The van der Waals surface area contributed by atoms with Crippen LogP contribution in [0, 0.1) is 0 Å². The number of hydrogen-bond acceptors (Lipinski definition) is 3. The molecule has 1 aromatic rings. The Bertz CT molecular complexity index is 407. The van der Waals surface area contributed by atoms with Crippen LogP contribution in [0.4, 0.5) is 0 Å². The van der Waals surface area contributed by atoms with E-state index in [9.17, 15) is 0 Å². The largest absolute Gasteiger partial charge is 0.353 e. The van der Waals surface area contributed by atoms with Gasteiger partial charge < -0.3 is 5.32 Å². The minimum atomic E-state index is 0.525. The summed E-state index contributed by atoms with van der Waals surface area (Å²) in [4.78, 5) is 5.90. The van der Waals surface area contributed by atoms with Crippen molar-refractivity contribution in [3.05, 3.63) is 21.9 Å². The summed E-state index contributed by atoms with van der Waals surface area (Å²) in [6.07, 6.45) is 7.48. The summed E-state index contributed by atoms with van der Waals surface area (Å²) in [5.41, 5.74) is 4.08. The lowest BCUT2D eigenvalue weighted by molar-refractivity contribution is 0.410. The average Bonchev–Trinajstić information content (AvgIpc) is 2.92. The Balaban J connectivity index is 1.91. The molecule has 0 unspecified atom stereocenters. The van der Waals surface area contributed by atoms with E-state index in [1.807, 2.05) is 0 Å². The fourth-order valence-electron chi connectivity index (χ4n) is 2.54. The van der Waals surface area contributed by atoms with Crippen molar-refractivity contribution in [1.82, 2.24) is 10.7 Å². The Morgan fingerprint density at radius 1 is 1.42 bits per heavy atom. The molecule has 1 saturated carbocycles. The molecule has 0 amide bonds. The van der Waals surface area contributed by atoms with Crippen LogP contribution in [0.3, 0.4) is 0 Å². The van der Waals surface area contributed by atoms with Crippen LogP contribution >= 0.6 is 11.3 Å². The fraction of sp³-hybridized carbons (Fsp3) is 0.643. The number of thiophene rings is 1. The third-order valence-electron chi connectivity index (χ3n) is 3.68. The van der Waals surface area contributed by atoms with E-state index in [1.54, 1.807) is 11.3 Å². The standard InChI is InChI=1S/C14H24N4S/c1-2-11-8-9-19-13(11)10-16-14(18-15)17-12-6-4-3-5-7-12/h8-9,12H,2-7,10,15H2,1H3,(H2,16,17,18). The highest BCUT2D eigenvalue weighted by Gasteiger charge is 2.14. The fourth-order valence-corrected chi connectivity index (χ4v) is 3.44. The zero-order valence-corrected chi connectivity index (χ0v) is 12.4. The highest BCUT2D eigenvalue weighted by molar-refractivity contribution is 7.10. The predicted molar refractivity (Wildman–Crippen MR) is 82.2 cm³/mol. The van der Waals surface area contributed by atoms with Crippen LogP contribution in [0.5, 0.6) is 0 Å². The van der Waals surface area contributed by atoms with Crippen LogP contribution in [-0.4, -0.2) is 12.0 Å². The highest BCUT2D eigenvalue weighted by atomic mass is 32.1. The Labute approximate surface area is 119 Å². The second-order valence-electron chi connectivity index (χ2n) is 5.01. The van der Waals surface area contributed by atoms with Gasteiger partial charge in [-0.1, -0.05) is 26.2 Å². The summed E-state index contributed by atoms with van der Waals surface area (Å²) in [5.74, 6) is 6.28. The van der Waals surface area contributed by atoms with Gasteiger partial charge in [0.05, 0.1) is 6.54 Å². The normalized spacial score (nSPS) is 17.5. The molecule has 0 saturated heterocycles. The third kappa shape index (κ3) is 4.21. The molecule has 4 nitrogen and oxygen atoms in total. The Kier molecular flexibility index (Phi) is 5.66. The first kappa shape index (κ1) is 14.3. The number of rotatable bonds is 4. The van der Waals surface area contributed by atoms with Crippen molar-refractivity contribution in [1.29, 1.82) is 0 Å². The van der Waals surface area contributed by atoms with Gasteiger partial charge in [-0.25, -0.2) is 10.8 Å². The molecule has 5 heteroatoms. The van der Waals surface area contributed by atoms with Gasteiger partial charge in [0.1, 0.15) is 0 Å². The molecule has 1 aromatic heterocycles. The average molecular weight is 280 g/mol. The third-order valence-corrected chi connectivity index (χ3v) is 4.63. The van der Waals surface area contributed by atoms with Crippen molar-refractivity contribution in [3.63, 3.8) is 0 Å². The van der Waals surface area contributed by atoms with Gasteiger partial charge >= 0.3 is 0 Å². The zero-order chi connectivity index (χ0) is 13.5. The molecule has 0 radical (unpaired) electrons. The van der Waals surface area contributed by atoms with Crippen LogP contribution in [0.2, 0.25) is 0 Å². The van der Waals surface area contributed by atoms with E-state index in [1.165, 1.54) is 42.5 Å². The molecule has 1 aliphatic carbocycles. The molecule has 1 aliphatic rings. The number of hydrazine groups is 1. The van der Waals surface area contributed by atoms with Gasteiger partial charge in [-0.3, -0.25) is 5.43 Å². The number of hydrogen-bond donors (Lipinski definition) is 3. The molecule has 1 fully saturated rings. The Hall–Kier alpha value is -1.07. The molecule has 0 bridgehead atoms. The van der Waals surface area contributed by atoms with Gasteiger partial charge in [0.25, 0.3) is 0 Å². The van der Waals surface area contributed by atoms with Crippen molar-refractivity contribution in [2.75, 3.05) is 0 Å². The van der Waals surface area contributed by atoms with Crippen molar-refractivity contribution in [2.24, 2.45) is 10.8 Å². The number of nitrogens with one attached hydrogen (secondary N) is 2. The van der Waals surface area contributed by atoms with E-state index in [0.29, 0.717) is 12.6 Å². The monoisotopic (exact) mass is 280 g/mol. The summed E-state index contributed by atoms with van der Waals surface area (Å²) in [6.45, 7) is 2.89. The number of aryl methyl sites for hydroxylation is 1. The molecular formula is C14H24N4S. The zero-order valence-electron chi connectivity index (χ0n) is 11.6. The molecule has 19 heavy (non-hydrogen) atoms. The van der Waals surface area contributed by atoms with Crippen LogP contribution in [0.15, 0.2) is 16.4 Å². The van der Waals surface area contributed by atoms with Gasteiger partial charge in [-0.15, -0.1) is 11.3 Å². The maximum atomic E-state index is 5.56. The van der Waals surface area contributed by atoms with Crippen LogP contribution in [-0.2, 0) is 13.0 Å². The first-order chi connectivity index (χ1) is 9.33. The first-order valence-corrected chi connectivity index (χ1v) is 8.04. The second kappa shape index (κ2) is 7.50. The van der Waals surface area contributed by atoms with Crippen LogP contribution < -0.4 is 16.6 Å². The molecule has 2 rings (SSSR count). The van der Waals surface area contributed by atoms with Crippen molar-refractivity contribution in [3.8, 4) is 0 Å². The van der Waals surface area contributed by atoms with E-state index in [0.717, 1.165) is 12.4 Å². The van der Waals surface area contributed by atoms with E-state index in [4.69, 9.17) is 5.84 Å². The summed E-state index contributed by atoms with van der Waals surface area (Å²) < 4.78 is 0. The summed E-state index contributed by atoms with van der Waals surface area (Å²) >= 11 is 1.77. The lowest BCUT2D eigenvalue weighted by Crippen LogP contribution is -2.47. The summed E-state index contributed by atoms with van der Waals surface area (Å²) in [6, 6.07) is 2.71. The van der Waals surface area contributed by atoms with Crippen LogP contribution in [0.1, 0.15) is 49.5 Å². The summed E-state index contributed by atoms with van der Waals surface area (Å²) in [7, 11) is 0. The smallest absolute Gasteiger partial charge is 0.206 e. The van der Waals surface area contributed by atoms with E-state index in [-0.39, 0.29) is 0 Å². The quantitative estimate of drug-likeness (QED) is 0.344. The maximum Gasteiger partial charge on any atom is 0.206 e. The van der Waals surface area contributed by atoms with Gasteiger partial charge in [0.2, 0.25) is 5.96 Å². The molecule has 0 spiro atoms. The highest BCUT2D eigenvalue weighted by Crippen LogP contribution is 2.19. The molecule has 4 N–H and O–H groups in total. The molecular weight excluding hydrogens is 256 g/mol. The van der Waals surface area contributed by atoms with Gasteiger partial charge in [0.15, 0.2) is 0 Å². The van der Waals surface area contributed by atoms with Crippen LogP contribution in [0.25, 0.3) is 0 Å². The van der Waals surface area contributed by atoms with E-state index < -0.39 is 0 Å². The molecule has 0 aliphatic heterocycles. The second-order valence-corrected chi connectivity index (χ2v) is 6.01. The molecule has 1 heterocycles. The minimum absolute atomic E-state index is 0.525. The predicted octanol–water partition coefficient (Wildman–Crippen LogP) is 2.55. The molecule has 0 aromatic carbocycles. The van der Waals surface area contributed by atoms with Gasteiger partial charge in [-0.05, 0) is 36.3 Å². The summed E-state index contributed by atoms with van der Waals surface area (Å²) in [5, 5.41) is 5.56. The lowest BCUT2D eigenvalue weighted by atomic mass is 9.96. The van der Waals surface area contributed by atoms with Crippen molar-refractivity contribution < 1.29 is 0 Å². The van der Waals surface area contributed by atoms with E-state index in [2.05, 4.69) is 34.1 Å². The van der Waals surface area contributed by atoms with Crippen molar-refractivity contribution in [2.45, 2.75) is 58.0 Å². The number of nitrogens with zero attached hydrogens (tertiary/aromatic N) is 1. The Morgan fingerprint density at radius 3 is 2.89 bits per heavy atom. The SMILES string of the molecule is CCc1ccsc1CN=C(NN)NC1CCCCC1.